The number of para-hydroxylation sites is 1. The lowest BCUT2D eigenvalue weighted by Crippen LogP contribution is -2.37. The third-order valence-electron chi connectivity index (χ3n) is 4.34. The average Bonchev–Trinajstić information content (AvgIpc) is 2.74. The summed E-state index contributed by atoms with van der Waals surface area (Å²) in [5, 5.41) is 0.419. The summed E-state index contributed by atoms with van der Waals surface area (Å²) in [4.78, 5) is 25.4. The molecule has 2 N–H and O–H groups in total. The minimum atomic E-state index is -0.473. The molecule has 0 saturated carbocycles. The molecule has 0 aliphatic heterocycles. The van der Waals surface area contributed by atoms with E-state index in [-0.39, 0.29) is 25.5 Å². The Kier molecular flexibility index (Phi) is 6.87. The number of primary amides is 1. The highest BCUT2D eigenvalue weighted by Gasteiger charge is 2.17. The highest BCUT2D eigenvalue weighted by Crippen LogP contribution is 2.30. The number of carbonyl (C=O) groups excluding carboxylic acids is 2. The molecule has 0 spiro atoms. The Morgan fingerprint density at radius 1 is 0.897 bits per heavy atom. The van der Waals surface area contributed by atoms with E-state index in [0.717, 1.165) is 11.1 Å². The second-order valence-corrected chi connectivity index (χ2v) is 6.80. The summed E-state index contributed by atoms with van der Waals surface area (Å²) in [6.07, 6.45) is 0.0627. The van der Waals surface area contributed by atoms with Crippen LogP contribution in [0.1, 0.15) is 6.42 Å². The first-order chi connectivity index (χ1) is 14.0. The maximum absolute atomic E-state index is 12.7. The van der Waals surface area contributed by atoms with E-state index < -0.39 is 5.91 Å². The molecule has 2 amide bonds. The lowest BCUT2D eigenvalue weighted by Gasteiger charge is -2.22. The quantitative estimate of drug-likeness (QED) is 0.604. The highest BCUT2D eigenvalue weighted by molar-refractivity contribution is 6.32. The molecule has 0 aliphatic carbocycles. The predicted molar refractivity (Wildman–Crippen MR) is 115 cm³/mol. The van der Waals surface area contributed by atoms with Crippen LogP contribution in [-0.4, -0.2) is 25.0 Å². The fourth-order valence-electron chi connectivity index (χ4n) is 2.87. The molecule has 29 heavy (non-hydrogen) atoms. The number of rotatable bonds is 8. The number of hydrogen-bond acceptors (Lipinski definition) is 3. The molecular weight excluding hydrogens is 388 g/mol. The molecule has 3 rings (SSSR count). The minimum Gasteiger partial charge on any atom is -0.482 e. The zero-order valence-corrected chi connectivity index (χ0v) is 16.5. The van der Waals surface area contributed by atoms with Crippen molar-refractivity contribution in [2.24, 2.45) is 5.73 Å². The van der Waals surface area contributed by atoms with Crippen molar-refractivity contribution in [3.63, 3.8) is 0 Å². The Hall–Kier alpha value is -3.31. The van der Waals surface area contributed by atoms with Crippen molar-refractivity contribution in [2.75, 3.05) is 18.1 Å². The van der Waals surface area contributed by atoms with Crippen molar-refractivity contribution < 1.29 is 14.3 Å². The van der Waals surface area contributed by atoms with Crippen molar-refractivity contribution >= 4 is 29.1 Å². The van der Waals surface area contributed by atoms with E-state index in [1.54, 1.807) is 24.3 Å². The maximum atomic E-state index is 12.7. The molecule has 0 aromatic heterocycles. The van der Waals surface area contributed by atoms with E-state index in [1.165, 1.54) is 4.90 Å². The third-order valence-corrected chi connectivity index (χ3v) is 4.64. The number of nitrogens with two attached hydrogens (primary N) is 1. The lowest BCUT2D eigenvalue weighted by molar-refractivity contribution is -0.120. The number of halogens is 1. The average molecular weight is 409 g/mol. The van der Waals surface area contributed by atoms with Crippen LogP contribution in [0.4, 0.5) is 5.69 Å². The molecular formula is C23H21ClN2O3. The van der Waals surface area contributed by atoms with E-state index in [4.69, 9.17) is 22.1 Å². The fourth-order valence-corrected chi connectivity index (χ4v) is 3.11. The van der Waals surface area contributed by atoms with E-state index in [0.29, 0.717) is 16.5 Å². The second kappa shape index (κ2) is 9.75. The Morgan fingerprint density at radius 2 is 1.55 bits per heavy atom. The Balaban J connectivity index is 1.70. The van der Waals surface area contributed by atoms with Gasteiger partial charge in [0.05, 0.1) is 5.02 Å². The van der Waals surface area contributed by atoms with Crippen LogP contribution in [-0.2, 0) is 9.59 Å². The molecule has 0 fully saturated rings. The molecule has 0 aliphatic rings. The molecule has 0 saturated heterocycles. The van der Waals surface area contributed by atoms with Crippen LogP contribution in [0.25, 0.3) is 11.1 Å². The number of ether oxygens (including phenoxy) is 1. The van der Waals surface area contributed by atoms with E-state index in [9.17, 15) is 9.59 Å². The van der Waals surface area contributed by atoms with Gasteiger partial charge in [-0.2, -0.15) is 0 Å². The number of benzene rings is 3. The van der Waals surface area contributed by atoms with Gasteiger partial charge in [-0.3, -0.25) is 9.59 Å². The molecule has 148 valence electrons. The van der Waals surface area contributed by atoms with Crippen LogP contribution >= 0.6 is 11.6 Å². The first kappa shape index (κ1) is 20.4. The van der Waals surface area contributed by atoms with Gasteiger partial charge in [0.25, 0.3) is 5.91 Å². The number of amides is 2. The van der Waals surface area contributed by atoms with Crippen LogP contribution in [0.5, 0.6) is 5.75 Å². The zero-order chi connectivity index (χ0) is 20.6. The van der Waals surface area contributed by atoms with Gasteiger partial charge in [0.1, 0.15) is 5.75 Å². The highest BCUT2D eigenvalue weighted by atomic mass is 35.5. The second-order valence-electron chi connectivity index (χ2n) is 6.40. The normalized spacial score (nSPS) is 10.4. The van der Waals surface area contributed by atoms with Gasteiger partial charge in [-0.25, -0.2) is 0 Å². The van der Waals surface area contributed by atoms with Crippen molar-refractivity contribution in [3.8, 4) is 16.9 Å². The molecule has 6 heteroatoms. The summed E-state index contributed by atoms with van der Waals surface area (Å²) >= 11 is 6.35. The van der Waals surface area contributed by atoms with Crippen molar-refractivity contribution in [1.29, 1.82) is 0 Å². The third kappa shape index (κ3) is 5.59. The summed E-state index contributed by atoms with van der Waals surface area (Å²) in [5.74, 6) is -0.345. The first-order valence-corrected chi connectivity index (χ1v) is 9.54. The summed E-state index contributed by atoms with van der Waals surface area (Å²) in [6, 6.07) is 24.4. The van der Waals surface area contributed by atoms with Gasteiger partial charge in [-0.15, -0.1) is 0 Å². The number of hydrogen-bond donors (Lipinski definition) is 1. The fraction of sp³-hybridized carbons (Fsp3) is 0.130. The van der Waals surface area contributed by atoms with Crippen LogP contribution in [0.15, 0.2) is 78.9 Å². The maximum Gasteiger partial charge on any atom is 0.264 e. The summed E-state index contributed by atoms with van der Waals surface area (Å²) in [5.41, 5.74) is 7.91. The van der Waals surface area contributed by atoms with E-state index in [1.807, 2.05) is 54.6 Å². The van der Waals surface area contributed by atoms with Gasteiger partial charge in [-0.05, 0) is 35.4 Å². The Morgan fingerprint density at radius 3 is 2.17 bits per heavy atom. The van der Waals surface area contributed by atoms with Gasteiger partial charge in [0.15, 0.2) is 6.61 Å². The van der Waals surface area contributed by atoms with Gasteiger partial charge < -0.3 is 15.4 Å². The van der Waals surface area contributed by atoms with E-state index >= 15 is 0 Å². The minimum absolute atomic E-state index is 0.0627. The number of anilines is 1. The summed E-state index contributed by atoms with van der Waals surface area (Å²) in [6.45, 7) is -0.0275. The van der Waals surface area contributed by atoms with Crippen LogP contribution in [0, 0.1) is 0 Å². The molecule has 0 bridgehead atoms. The molecule has 3 aromatic rings. The number of nitrogens with zero attached hydrogens (tertiary/aromatic N) is 1. The van der Waals surface area contributed by atoms with Crippen LogP contribution in [0.2, 0.25) is 5.02 Å². The topological polar surface area (TPSA) is 72.6 Å². The molecule has 0 atom stereocenters. The van der Waals surface area contributed by atoms with Gasteiger partial charge in [-0.1, -0.05) is 66.2 Å². The largest absolute Gasteiger partial charge is 0.482 e. The van der Waals surface area contributed by atoms with Crippen molar-refractivity contribution in [3.05, 3.63) is 83.9 Å². The monoisotopic (exact) mass is 408 g/mol. The van der Waals surface area contributed by atoms with Crippen molar-refractivity contribution in [2.45, 2.75) is 6.42 Å². The zero-order valence-electron chi connectivity index (χ0n) is 15.8. The Bertz CT molecular complexity index is 978. The molecule has 0 heterocycles. The van der Waals surface area contributed by atoms with Gasteiger partial charge >= 0.3 is 0 Å². The SMILES string of the molecule is NC(=O)CCN(C(=O)COc1ccc(-c2ccccc2)cc1Cl)c1ccccc1. The van der Waals surface area contributed by atoms with E-state index in [2.05, 4.69) is 0 Å². The van der Waals surface area contributed by atoms with Crippen LogP contribution in [0.3, 0.4) is 0 Å². The first-order valence-electron chi connectivity index (χ1n) is 9.16. The molecule has 0 radical (unpaired) electrons. The van der Waals surface area contributed by atoms with Crippen LogP contribution < -0.4 is 15.4 Å². The van der Waals surface area contributed by atoms with Gasteiger partial charge in [0.2, 0.25) is 5.91 Å². The predicted octanol–water partition coefficient (Wildman–Crippen LogP) is 4.29. The summed E-state index contributed by atoms with van der Waals surface area (Å²) in [7, 11) is 0. The van der Waals surface area contributed by atoms with Crippen molar-refractivity contribution in [1.82, 2.24) is 0 Å². The lowest BCUT2D eigenvalue weighted by atomic mass is 10.1. The molecule has 5 nitrogen and oxygen atoms in total. The Labute approximate surface area is 174 Å². The smallest absolute Gasteiger partial charge is 0.264 e. The number of carbonyl (C=O) groups is 2. The molecule has 0 unspecified atom stereocenters. The van der Waals surface area contributed by atoms with Gasteiger partial charge in [0, 0.05) is 18.7 Å². The standard InChI is InChI=1S/C23H21ClN2O3/c24-20-15-18(17-7-3-1-4-8-17)11-12-21(20)29-16-23(28)26(14-13-22(25)27)19-9-5-2-6-10-19/h1-12,15H,13-14,16H2,(H2,25,27). The summed E-state index contributed by atoms with van der Waals surface area (Å²) < 4.78 is 5.66. The molecule has 3 aromatic carbocycles.